The van der Waals surface area contributed by atoms with E-state index in [0.717, 1.165) is 19.4 Å². The molecule has 0 bridgehead atoms. The third-order valence-electron chi connectivity index (χ3n) is 4.73. The summed E-state index contributed by atoms with van der Waals surface area (Å²) >= 11 is 0. The maximum absolute atomic E-state index is 13.3. The minimum Gasteiger partial charge on any atom is -0.307 e. The quantitative estimate of drug-likeness (QED) is 0.566. The second-order valence-electron chi connectivity index (χ2n) is 6.35. The van der Waals surface area contributed by atoms with Crippen LogP contribution < -0.4 is 10.9 Å². The Hall–Kier alpha value is -3.57. The third kappa shape index (κ3) is 2.84. The van der Waals surface area contributed by atoms with Gasteiger partial charge in [0, 0.05) is 12.1 Å². The van der Waals surface area contributed by atoms with Crippen molar-refractivity contribution in [1.29, 1.82) is 5.26 Å². The Bertz CT molecular complexity index is 1160. The minimum absolute atomic E-state index is 0.121. The number of hydrogen-bond acceptors (Lipinski definition) is 6. The van der Waals surface area contributed by atoms with E-state index in [4.69, 9.17) is 0 Å². The van der Waals surface area contributed by atoms with Crippen molar-refractivity contribution >= 4 is 16.6 Å². The van der Waals surface area contributed by atoms with Gasteiger partial charge >= 0.3 is 0 Å². The molecule has 1 N–H and O–H groups in total. The number of aromatic nitrogens is 2. The topological polar surface area (TPSA) is 114 Å². The first-order valence-electron chi connectivity index (χ1n) is 8.54. The SMILES string of the molecule is N#Cc1ccccc1-n1c(C2CCCN2)nc2ccc([N+](=O)[O-])cc2c1=O. The van der Waals surface area contributed by atoms with Gasteiger partial charge in [0.1, 0.15) is 11.9 Å². The maximum atomic E-state index is 13.3. The van der Waals surface area contributed by atoms with E-state index in [1.807, 2.05) is 0 Å². The van der Waals surface area contributed by atoms with Crippen molar-refractivity contribution in [3.63, 3.8) is 0 Å². The fourth-order valence-electron chi connectivity index (χ4n) is 3.44. The summed E-state index contributed by atoms with van der Waals surface area (Å²) in [6.45, 7) is 0.818. The Morgan fingerprint density at radius 1 is 1.30 bits per heavy atom. The van der Waals surface area contributed by atoms with Gasteiger partial charge in [0.15, 0.2) is 0 Å². The molecule has 0 aliphatic carbocycles. The average molecular weight is 361 g/mol. The summed E-state index contributed by atoms with van der Waals surface area (Å²) in [5, 5.41) is 24.1. The lowest BCUT2D eigenvalue weighted by molar-refractivity contribution is -0.384. The summed E-state index contributed by atoms with van der Waals surface area (Å²) in [6.07, 6.45) is 1.78. The standard InChI is InChI=1S/C19H15N5O3/c20-11-12-4-1-2-6-17(12)23-18(16-5-3-9-21-16)22-15-8-7-13(24(26)27)10-14(15)19(23)25/h1-2,4,6-8,10,16,21H,3,5,9H2. The largest absolute Gasteiger partial charge is 0.307 e. The van der Waals surface area contributed by atoms with Gasteiger partial charge < -0.3 is 5.32 Å². The molecule has 4 rings (SSSR count). The fraction of sp³-hybridized carbons (Fsp3) is 0.211. The van der Waals surface area contributed by atoms with E-state index in [9.17, 15) is 20.2 Å². The normalized spacial score (nSPS) is 16.3. The molecule has 0 amide bonds. The Morgan fingerprint density at radius 3 is 2.81 bits per heavy atom. The predicted octanol–water partition coefficient (Wildman–Crippen LogP) is 2.59. The van der Waals surface area contributed by atoms with Crippen LogP contribution in [0.2, 0.25) is 0 Å². The van der Waals surface area contributed by atoms with Gasteiger partial charge in [-0.3, -0.25) is 19.5 Å². The Kier molecular flexibility index (Phi) is 4.14. The summed E-state index contributed by atoms with van der Waals surface area (Å²) in [7, 11) is 0. The van der Waals surface area contributed by atoms with Crippen LogP contribution in [0.15, 0.2) is 47.3 Å². The highest BCUT2D eigenvalue weighted by atomic mass is 16.6. The molecule has 0 radical (unpaired) electrons. The third-order valence-corrected chi connectivity index (χ3v) is 4.73. The van der Waals surface area contributed by atoms with Gasteiger partial charge in [0.2, 0.25) is 0 Å². The van der Waals surface area contributed by atoms with Crippen LogP contribution in [0.4, 0.5) is 5.69 Å². The molecule has 1 aromatic heterocycles. The van der Waals surface area contributed by atoms with Crippen LogP contribution in [0.25, 0.3) is 16.6 Å². The number of para-hydroxylation sites is 1. The number of nitrogens with one attached hydrogen (secondary N) is 1. The molecule has 8 heteroatoms. The molecule has 3 aromatic rings. The molecule has 2 heterocycles. The lowest BCUT2D eigenvalue weighted by atomic mass is 10.1. The van der Waals surface area contributed by atoms with Crippen molar-refractivity contribution in [1.82, 2.24) is 14.9 Å². The zero-order chi connectivity index (χ0) is 19.0. The molecular formula is C19H15N5O3. The number of nitro benzene ring substituents is 1. The van der Waals surface area contributed by atoms with Crippen LogP contribution in [0.5, 0.6) is 0 Å². The van der Waals surface area contributed by atoms with Crippen LogP contribution >= 0.6 is 0 Å². The van der Waals surface area contributed by atoms with E-state index >= 15 is 0 Å². The van der Waals surface area contributed by atoms with Crippen LogP contribution in [-0.2, 0) is 0 Å². The van der Waals surface area contributed by atoms with E-state index in [1.54, 1.807) is 24.3 Å². The number of non-ortho nitro benzene ring substituents is 1. The summed E-state index contributed by atoms with van der Waals surface area (Å²) < 4.78 is 1.41. The second kappa shape index (κ2) is 6.63. The molecule has 1 saturated heterocycles. The molecule has 27 heavy (non-hydrogen) atoms. The highest BCUT2D eigenvalue weighted by Crippen LogP contribution is 2.26. The van der Waals surface area contributed by atoms with Crippen molar-refractivity contribution in [2.75, 3.05) is 6.54 Å². The van der Waals surface area contributed by atoms with Crippen molar-refractivity contribution in [3.05, 3.63) is 74.3 Å². The predicted molar refractivity (Wildman–Crippen MR) is 98.7 cm³/mol. The number of nitrogens with zero attached hydrogens (tertiary/aromatic N) is 4. The van der Waals surface area contributed by atoms with Crippen LogP contribution in [0.3, 0.4) is 0 Å². The molecule has 1 aliphatic heterocycles. The van der Waals surface area contributed by atoms with Gasteiger partial charge in [0.25, 0.3) is 11.2 Å². The highest BCUT2D eigenvalue weighted by Gasteiger charge is 2.25. The van der Waals surface area contributed by atoms with Crippen molar-refractivity contribution in [2.24, 2.45) is 0 Å². The highest BCUT2D eigenvalue weighted by molar-refractivity contribution is 5.80. The molecular weight excluding hydrogens is 346 g/mol. The molecule has 1 atom stereocenters. The average Bonchev–Trinajstić information content (AvgIpc) is 3.22. The number of hydrogen-bond donors (Lipinski definition) is 1. The van der Waals surface area contributed by atoms with Crippen molar-refractivity contribution < 1.29 is 4.92 Å². The molecule has 8 nitrogen and oxygen atoms in total. The minimum atomic E-state index is -0.543. The summed E-state index contributed by atoms with van der Waals surface area (Å²) in [4.78, 5) is 28.5. The first-order valence-corrected chi connectivity index (χ1v) is 8.54. The lowest BCUT2D eigenvalue weighted by Crippen LogP contribution is -2.29. The van der Waals surface area contributed by atoms with Crippen molar-refractivity contribution in [3.8, 4) is 11.8 Å². The first kappa shape index (κ1) is 16.9. The molecule has 0 saturated carbocycles. The molecule has 1 unspecified atom stereocenters. The van der Waals surface area contributed by atoms with Gasteiger partial charge in [-0.1, -0.05) is 12.1 Å². The van der Waals surface area contributed by atoms with E-state index in [2.05, 4.69) is 16.4 Å². The zero-order valence-electron chi connectivity index (χ0n) is 14.3. The smallest absolute Gasteiger partial charge is 0.270 e. The Balaban J connectivity index is 2.08. The van der Waals surface area contributed by atoms with E-state index in [0.29, 0.717) is 22.6 Å². The summed E-state index contributed by atoms with van der Waals surface area (Å²) in [5.41, 5.74) is 0.573. The number of fused-ring (bicyclic) bond motifs is 1. The Labute approximate surface area is 153 Å². The van der Waals surface area contributed by atoms with Gasteiger partial charge in [-0.05, 0) is 37.6 Å². The van der Waals surface area contributed by atoms with Crippen molar-refractivity contribution in [2.45, 2.75) is 18.9 Å². The molecule has 1 aliphatic rings. The van der Waals surface area contributed by atoms with Gasteiger partial charge in [-0.15, -0.1) is 0 Å². The molecule has 2 aromatic carbocycles. The van der Waals surface area contributed by atoms with E-state index < -0.39 is 10.5 Å². The van der Waals surface area contributed by atoms with E-state index in [1.165, 1.54) is 22.8 Å². The number of nitro groups is 1. The molecule has 134 valence electrons. The lowest BCUT2D eigenvalue weighted by Gasteiger charge is -2.18. The molecule has 1 fully saturated rings. The van der Waals surface area contributed by atoms with E-state index in [-0.39, 0.29) is 17.1 Å². The summed E-state index contributed by atoms with van der Waals surface area (Å²) in [5.74, 6) is 0.515. The number of nitriles is 1. The first-order chi connectivity index (χ1) is 13.1. The zero-order valence-corrected chi connectivity index (χ0v) is 14.3. The second-order valence-corrected chi connectivity index (χ2v) is 6.35. The Morgan fingerprint density at radius 2 is 2.11 bits per heavy atom. The van der Waals surface area contributed by atoms with Gasteiger partial charge in [-0.2, -0.15) is 5.26 Å². The van der Waals surface area contributed by atoms with Crippen LogP contribution in [0, 0.1) is 21.4 Å². The fourth-order valence-corrected chi connectivity index (χ4v) is 3.44. The monoisotopic (exact) mass is 361 g/mol. The molecule has 0 spiro atoms. The van der Waals surface area contributed by atoms with Crippen LogP contribution in [0.1, 0.15) is 30.3 Å². The van der Waals surface area contributed by atoms with Crippen LogP contribution in [-0.4, -0.2) is 21.0 Å². The number of benzene rings is 2. The van der Waals surface area contributed by atoms with Gasteiger partial charge in [-0.25, -0.2) is 4.98 Å². The maximum Gasteiger partial charge on any atom is 0.270 e. The number of rotatable bonds is 3. The van der Waals surface area contributed by atoms with Gasteiger partial charge in [0.05, 0.1) is 33.1 Å². The summed E-state index contributed by atoms with van der Waals surface area (Å²) in [6, 6.07) is 12.8.